The predicted molar refractivity (Wildman–Crippen MR) is 105 cm³/mol. The number of rotatable bonds is 4. The van der Waals surface area contributed by atoms with E-state index in [1.165, 1.54) is 5.56 Å². The van der Waals surface area contributed by atoms with Crippen molar-refractivity contribution in [1.82, 2.24) is 10.3 Å². The third-order valence-electron chi connectivity index (χ3n) is 4.52. The monoisotopic (exact) mass is 369 g/mol. The fourth-order valence-corrected chi connectivity index (χ4v) is 4.46. The quantitative estimate of drug-likeness (QED) is 0.747. The highest BCUT2D eigenvalue weighted by molar-refractivity contribution is 7.13. The molecule has 1 amide bonds. The van der Waals surface area contributed by atoms with Gasteiger partial charge in [-0.25, -0.2) is 4.98 Å². The smallest absolute Gasteiger partial charge is 0.251 e. The maximum atomic E-state index is 12.5. The van der Waals surface area contributed by atoms with Gasteiger partial charge in [0.1, 0.15) is 0 Å². The molecule has 0 saturated carbocycles. The second-order valence-electron chi connectivity index (χ2n) is 6.14. The number of carbonyl (C=O) groups excluding carboxylic acids is 1. The maximum Gasteiger partial charge on any atom is 0.251 e. The molecule has 4 rings (SSSR count). The molecule has 1 fully saturated rings. The van der Waals surface area contributed by atoms with Gasteiger partial charge in [0.25, 0.3) is 5.91 Å². The molecule has 0 radical (unpaired) electrons. The van der Waals surface area contributed by atoms with E-state index in [-0.39, 0.29) is 11.9 Å². The average Bonchev–Trinajstić information content (AvgIpc) is 3.36. The summed E-state index contributed by atoms with van der Waals surface area (Å²) in [5, 5.41) is 10.4. The van der Waals surface area contributed by atoms with E-state index < -0.39 is 0 Å². The summed E-state index contributed by atoms with van der Waals surface area (Å²) in [6.07, 6.45) is 3.75. The van der Waals surface area contributed by atoms with Crippen LogP contribution in [0.5, 0.6) is 0 Å². The lowest BCUT2D eigenvalue weighted by Gasteiger charge is -2.32. The highest BCUT2D eigenvalue weighted by Crippen LogP contribution is 2.23. The molecule has 1 aromatic carbocycles. The lowest BCUT2D eigenvalue weighted by atomic mass is 10.0. The van der Waals surface area contributed by atoms with Crippen LogP contribution in [-0.4, -0.2) is 30.0 Å². The number of piperidine rings is 1. The minimum Gasteiger partial charge on any atom is -0.349 e. The average molecular weight is 370 g/mol. The van der Waals surface area contributed by atoms with Gasteiger partial charge in [-0.3, -0.25) is 4.79 Å². The Morgan fingerprint density at radius 1 is 1.08 bits per heavy atom. The molecule has 1 N–H and O–H groups in total. The van der Waals surface area contributed by atoms with Crippen molar-refractivity contribution in [2.75, 3.05) is 18.0 Å². The van der Waals surface area contributed by atoms with Gasteiger partial charge in [-0.2, -0.15) is 11.3 Å². The standard InChI is InChI=1S/C19H19N3OS2/c23-18(15-3-1-14(2-4-15)16-7-11-24-13-16)21-17-5-9-22(10-6-17)19-20-8-12-25-19/h1-4,7-8,11-13,17H,5-6,9-10H2,(H,21,23). The van der Waals surface area contributed by atoms with E-state index in [0.29, 0.717) is 0 Å². The predicted octanol–water partition coefficient (Wildman–Crippen LogP) is 4.27. The number of benzene rings is 1. The zero-order chi connectivity index (χ0) is 17.1. The lowest BCUT2D eigenvalue weighted by molar-refractivity contribution is 0.0931. The molecule has 128 valence electrons. The first kappa shape index (κ1) is 16.3. The lowest BCUT2D eigenvalue weighted by Crippen LogP contribution is -2.44. The zero-order valence-corrected chi connectivity index (χ0v) is 15.4. The maximum absolute atomic E-state index is 12.5. The Kier molecular flexibility index (Phi) is 4.81. The molecule has 3 heterocycles. The van der Waals surface area contributed by atoms with Crippen LogP contribution in [0.1, 0.15) is 23.2 Å². The fraction of sp³-hybridized carbons (Fsp3) is 0.263. The van der Waals surface area contributed by atoms with Gasteiger partial charge in [-0.15, -0.1) is 11.3 Å². The summed E-state index contributed by atoms with van der Waals surface area (Å²) in [5.74, 6) is 0.0181. The largest absolute Gasteiger partial charge is 0.349 e. The molecular weight excluding hydrogens is 350 g/mol. The van der Waals surface area contributed by atoms with Crippen molar-refractivity contribution in [3.05, 3.63) is 58.2 Å². The highest BCUT2D eigenvalue weighted by atomic mass is 32.1. The fourth-order valence-electron chi connectivity index (χ4n) is 3.10. The Hall–Kier alpha value is -2.18. The van der Waals surface area contributed by atoms with Gasteiger partial charge < -0.3 is 10.2 Å². The Labute approximate surface area is 155 Å². The van der Waals surface area contributed by atoms with E-state index in [9.17, 15) is 4.79 Å². The van der Waals surface area contributed by atoms with Crippen molar-refractivity contribution < 1.29 is 4.79 Å². The summed E-state index contributed by atoms with van der Waals surface area (Å²) in [5.41, 5.74) is 3.07. The van der Waals surface area contributed by atoms with E-state index in [4.69, 9.17) is 0 Å². The van der Waals surface area contributed by atoms with Crippen LogP contribution < -0.4 is 10.2 Å². The van der Waals surface area contributed by atoms with Gasteiger partial charge in [0, 0.05) is 36.3 Å². The van der Waals surface area contributed by atoms with Crippen molar-refractivity contribution >= 4 is 33.7 Å². The molecule has 6 heteroatoms. The number of thiazole rings is 1. The number of carbonyl (C=O) groups is 1. The number of anilines is 1. The number of nitrogens with one attached hydrogen (secondary N) is 1. The molecule has 1 saturated heterocycles. The summed E-state index contributed by atoms with van der Waals surface area (Å²) in [6.45, 7) is 1.88. The van der Waals surface area contributed by atoms with Gasteiger partial charge in [-0.05, 0) is 52.9 Å². The highest BCUT2D eigenvalue weighted by Gasteiger charge is 2.22. The van der Waals surface area contributed by atoms with E-state index >= 15 is 0 Å². The Bertz CT molecular complexity index is 805. The van der Waals surface area contributed by atoms with Crippen LogP contribution >= 0.6 is 22.7 Å². The van der Waals surface area contributed by atoms with E-state index in [0.717, 1.165) is 42.2 Å². The summed E-state index contributed by atoms with van der Waals surface area (Å²) in [7, 11) is 0. The number of nitrogens with zero attached hydrogens (tertiary/aromatic N) is 2. The number of aromatic nitrogens is 1. The number of thiophene rings is 1. The molecule has 3 aromatic rings. The molecule has 2 aromatic heterocycles. The van der Waals surface area contributed by atoms with Gasteiger partial charge in [0.15, 0.2) is 5.13 Å². The third-order valence-corrected chi connectivity index (χ3v) is 6.04. The van der Waals surface area contributed by atoms with Crippen LogP contribution in [0.15, 0.2) is 52.7 Å². The summed E-state index contributed by atoms with van der Waals surface area (Å²) in [4.78, 5) is 19.1. The van der Waals surface area contributed by atoms with E-state index in [1.54, 1.807) is 22.7 Å². The third kappa shape index (κ3) is 3.75. The number of hydrogen-bond donors (Lipinski definition) is 1. The molecule has 25 heavy (non-hydrogen) atoms. The van der Waals surface area contributed by atoms with Crippen LogP contribution in [0.4, 0.5) is 5.13 Å². The molecular formula is C19H19N3OS2. The molecule has 0 atom stereocenters. The number of hydrogen-bond acceptors (Lipinski definition) is 5. The van der Waals surface area contributed by atoms with Gasteiger partial charge in [0.2, 0.25) is 0 Å². The summed E-state index contributed by atoms with van der Waals surface area (Å²) >= 11 is 3.35. The Morgan fingerprint density at radius 3 is 2.52 bits per heavy atom. The number of amides is 1. The topological polar surface area (TPSA) is 45.2 Å². The molecule has 1 aliphatic heterocycles. The van der Waals surface area contributed by atoms with Crippen molar-refractivity contribution in [2.45, 2.75) is 18.9 Å². The van der Waals surface area contributed by atoms with Crippen molar-refractivity contribution in [3.8, 4) is 11.1 Å². The van der Waals surface area contributed by atoms with Crippen LogP contribution in [-0.2, 0) is 0 Å². The first-order valence-corrected chi connectivity index (χ1v) is 10.2. The Balaban J connectivity index is 1.33. The van der Waals surface area contributed by atoms with Crippen LogP contribution in [0.25, 0.3) is 11.1 Å². The minimum atomic E-state index is 0.0181. The summed E-state index contributed by atoms with van der Waals surface area (Å²) < 4.78 is 0. The Morgan fingerprint density at radius 2 is 1.88 bits per heavy atom. The second kappa shape index (κ2) is 7.37. The van der Waals surface area contributed by atoms with E-state index in [1.807, 2.05) is 35.8 Å². The van der Waals surface area contributed by atoms with Gasteiger partial charge in [-0.1, -0.05) is 12.1 Å². The van der Waals surface area contributed by atoms with Gasteiger partial charge in [0.05, 0.1) is 0 Å². The van der Waals surface area contributed by atoms with Crippen molar-refractivity contribution in [1.29, 1.82) is 0 Å². The first-order chi connectivity index (χ1) is 12.3. The van der Waals surface area contributed by atoms with Crippen molar-refractivity contribution in [2.24, 2.45) is 0 Å². The molecule has 0 unspecified atom stereocenters. The normalized spacial score (nSPS) is 15.3. The van der Waals surface area contributed by atoms with Crippen molar-refractivity contribution in [3.63, 3.8) is 0 Å². The van der Waals surface area contributed by atoms with Crippen LogP contribution in [0.2, 0.25) is 0 Å². The van der Waals surface area contributed by atoms with Gasteiger partial charge >= 0.3 is 0 Å². The first-order valence-electron chi connectivity index (χ1n) is 8.37. The molecule has 0 aliphatic carbocycles. The molecule has 0 spiro atoms. The molecule has 4 nitrogen and oxygen atoms in total. The second-order valence-corrected chi connectivity index (χ2v) is 7.79. The van der Waals surface area contributed by atoms with E-state index in [2.05, 4.69) is 32.0 Å². The molecule has 1 aliphatic rings. The molecule has 0 bridgehead atoms. The zero-order valence-electron chi connectivity index (χ0n) is 13.7. The minimum absolute atomic E-state index is 0.0181. The SMILES string of the molecule is O=C(NC1CCN(c2nccs2)CC1)c1ccc(-c2ccsc2)cc1. The summed E-state index contributed by atoms with van der Waals surface area (Å²) in [6, 6.07) is 10.2. The van der Waals surface area contributed by atoms with Crippen LogP contribution in [0, 0.1) is 0 Å². The van der Waals surface area contributed by atoms with Crippen LogP contribution in [0.3, 0.4) is 0 Å².